The molecule has 2 saturated heterocycles. The lowest BCUT2D eigenvalue weighted by Crippen LogP contribution is -2.46. The van der Waals surface area contributed by atoms with Crippen LogP contribution in [0.15, 0.2) is 30.5 Å². The lowest BCUT2D eigenvalue weighted by atomic mass is 10.1. The fraction of sp³-hybridized carbons (Fsp3) is 0.435. The van der Waals surface area contributed by atoms with Crippen molar-refractivity contribution in [2.75, 3.05) is 49.3 Å². The normalized spacial score (nSPS) is 21.5. The molecule has 2 aliphatic rings. The maximum Gasteiger partial charge on any atom is 0.229 e. The second kappa shape index (κ2) is 8.65. The van der Waals surface area contributed by atoms with Gasteiger partial charge in [-0.2, -0.15) is 15.2 Å². The Morgan fingerprint density at radius 2 is 1.69 bits per heavy atom. The Balaban J connectivity index is 1.63. The molecule has 32 heavy (non-hydrogen) atoms. The van der Waals surface area contributed by atoms with Gasteiger partial charge >= 0.3 is 0 Å². The molecular weight excluding hydrogens is 406 g/mol. The number of anilines is 2. The molecule has 0 N–H and O–H groups in total. The number of hydrogen-bond donors (Lipinski definition) is 0. The van der Waals surface area contributed by atoms with Gasteiger partial charge in [-0.3, -0.25) is 0 Å². The van der Waals surface area contributed by atoms with E-state index in [0.717, 1.165) is 35.6 Å². The molecule has 9 nitrogen and oxygen atoms in total. The van der Waals surface area contributed by atoms with Gasteiger partial charge in [0, 0.05) is 24.8 Å². The van der Waals surface area contributed by atoms with E-state index in [9.17, 15) is 0 Å². The van der Waals surface area contributed by atoms with Crippen LogP contribution in [-0.2, 0) is 9.47 Å². The third-order valence-electron chi connectivity index (χ3n) is 5.97. The molecule has 5 rings (SSSR count). The largest absolute Gasteiger partial charge is 0.377 e. The van der Waals surface area contributed by atoms with Crippen molar-refractivity contribution in [3.63, 3.8) is 0 Å². The minimum Gasteiger partial charge on any atom is -0.377 e. The average Bonchev–Trinajstić information content (AvgIpc) is 2.84. The van der Waals surface area contributed by atoms with Gasteiger partial charge in [0.05, 0.1) is 49.6 Å². The Kier molecular flexibility index (Phi) is 5.55. The van der Waals surface area contributed by atoms with E-state index in [-0.39, 0.29) is 12.1 Å². The van der Waals surface area contributed by atoms with Crippen LogP contribution in [0, 0.1) is 11.3 Å². The number of morpholine rings is 2. The minimum absolute atomic E-state index is 0.182. The molecule has 0 saturated carbocycles. The molecule has 164 valence electrons. The van der Waals surface area contributed by atoms with Crippen molar-refractivity contribution in [3.05, 3.63) is 36.2 Å². The van der Waals surface area contributed by atoms with E-state index >= 15 is 0 Å². The molecular formula is C23H25N7O2. The van der Waals surface area contributed by atoms with Crippen molar-refractivity contribution >= 4 is 22.8 Å². The molecule has 0 spiro atoms. The number of pyridine rings is 2. The van der Waals surface area contributed by atoms with Crippen LogP contribution in [0.2, 0.25) is 0 Å². The van der Waals surface area contributed by atoms with Crippen LogP contribution < -0.4 is 9.80 Å². The summed E-state index contributed by atoms with van der Waals surface area (Å²) in [5.41, 5.74) is 2.62. The van der Waals surface area contributed by atoms with E-state index in [1.165, 1.54) is 0 Å². The topological polar surface area (TPSA) is 100 Å². The molecule has 0 amide bonds. The first-order valence-corrected chi connectivity index (χ1v) is 10.9. The minimum atomic E-state index is 0.182. The van der Waals surface area contributed by atoms with E-state index < -0.39 is 0 Å². The maximum atomic E-state index is 9.02. The first-order valence-electron chi connectivity index (χ1n) is 10.9. The van der Waals surface area contributed by atoms with Crippen molar-refractivity contribution in [1.82, 2.24) is 19.9 Å². The maximum absolute atomic E-state index is 9.02. The second-order valence-electron chi connectivity index (χ2n) is 8.19. The van der Waals surface area contributed by atoms with Gasteiger partial charge in [-0.15, -0.1) is 0 Å². The number of hydrogen-bond acceptors (Lipinski definition) is 9. The Bertz CT molecular complexity index is 1160. The average molecular weight is 432 g/mol. The van der Waals surface area contributed by atoms with E-state index in [1.54, 1.807) is 12.3 Å². The number of rotatable bonds is 3. The molecule has 3 aromatic rings. The summed E-state index contributed by atoms with van der Waals surface area (Å²) in [7, 11) is 0. The van der Waals surface area contributed by atoms with Crippen LogP contribution >= 0.6 is 0 Å². The van der Waals surface area contributed by atoms with Crippen molar-refractivity contribution in [2.24, 2.45) is 0 Å². The third kappa shape index (κ3) is 3.83. The Labute approximate surface area is 186 Å². The highest BCUT2D eigenvalue weighted by atomic mass is 16.5. The zero-order chi connectivity index (χ0) is 22.1. The van der Waals surface area contributed by atoms with Gasteiger partial charge in [0.15, 0.2) is 5.65 Å². The van der Waals surface area contributed by atoms with Crippen molar-refractivity contribution < 1.29 is 9.47 Å². The standard InChI is InChI=1S/C23H25N7O2/c1-15-13-31-9-7-29(15)22-19-5-6-20(17-3-4-18(11-24)25-12-17)26-21(19)27-23(28-22)30-8-10-32-14-16(30)2/h3-6,12,15-16H,7-10,13-14H2,1-2H3. The van der Waals surface area contributed by atoms with Crippen molar-refractivity contribution in [2.45, 2.75) is 25.9 Å². The predicted octanol–water partition coefficient (Wildman–Crippen LogP) is 2.41. The molecule has 2 atom stereocenters. The van der Waals surface area contributed by atoms with Crippen molar-refractivity contribution in [1.29, 1.82) is 5.26 Å². The lowest BCUT2D eigenvalue weighted by Gasteiger charge is -2.37. The van der Waals surface area contributed by atoms with Crippen molar-refractivity contribution in [3.8, 4) is 17.3 Å². The van der Waals surface area contributed by atoms with Gasteiger partial charge in [-0.05, 0) is 38.1 Å². The Morgan fingerprint density at radius 3 is 2.34 bits per heavy atom. The molecule has 0 aliphatic carbocycles. The summed E-state index contributed by atoms with van der Waals surface area (Å²) in [4.78, 5) is 23.4. The molecule has 9 heteroatoms. The third-order valence-corrected chi connectivity index (χ3v) is 5.97. The first kappa shape index (κ1) is 20.5. The molecule has 2 aliphatic heterocycles. The highest BCUT2D eigenvalue weighted by Gasteiger charge is 2.27. The van der Waals surface area contributed by atoms with Crippen LogP contribution in [-0.4, -0.2) is 71.5 Å². The summed E-state index contributed by atoms with van der Waals surface area (Å²) in [6.07, 6.45) is 1.67. The summed E-state index contributed by atoms with van der Waals surface area (Å²) in [5.74, 6) is 1.56. The number of nitriles is 1. The van der Waals surface area contributed by atoms with Gasteiger partial charge in [0.25, 0.3) is 0 Å². The van der Waals surface area contributed by atoms with Crippen LogP contribution in [0.25, 0.3) is 22.3 Å². The summed E-state index contributed by atoms with van der Waals surface area (Å²) < 4.78 is 11.3. The highest BCUT2D eigenvalue weighted by Crippen LogP contribution is 2.31. The van der Waals surface area contributed by atoms with Gasteiger partial charge in [0.2, 0.25) is 5.95 Å². The van der Waals surface area contributed by atoms with E-state index in [2.05, 4.69) is 28.6 Å². The first-order chi connectivity index (χ1) is 15.6. The fourth-order valence-corrected chi connectivity index (χ4v) is 4.17. The van der Waals surface area contributed by atoms with Crippen LogP contribution in [0.1, 0.15) is 19.5 Å². The highest BCUT2D eigenvalue weighted by molar-refractivity contribution is 5.90. The number of fused-ring (bicyclic) bond motifs is 1. The smallest absolute Gasteiger partial charge is 0.229 e. The van der Waals surface area contributed by atoms with Gasteiger partial charge in [-0.25, -0.2) is 9.97 Å². The Hall–Kier alpha value is -3.35. The van der Waals surface area contributed by atoms with Crippen LogP contribution in [0.3, 0.4) is 0 Å². The summed E-state index contributed by atoms with van der Waals surface area (Å²) in [6, 6.07) is 9.98. The quantitative estimate of drug-likeness (QED) is 0.619. The van der Waals surface area contributed by atoms with Gasteiger partial charge in [-0.1, -0.05) is 0 Å². The number of aromatic nitrogens is 4. The van der Waals surface area contributed by atoms with Crippen LogP contribution in [0.4, 0.5) is 11.8 Å². The molecule has 3 aromatic heterocycles. The zero-order valence-corrected chi connectivity index (χ0v) is 18.2. The van der Waals surface area contributed by atoms with Gasteiger partial charge in [0.1, 0.15) is 17.6 Å². The molecule has 2 fully saturated rings. The Morgan fingerprint density at radius 1 is 0.938 bits per heavy atom. The fourth-order valence-electron chi connectivity index (χ4n) is 4.17. The molecule has 5 heterocycles. The predicted molar refractivity (Wildman–Crippen MR) is 121 cm³/mol. The molecule has 2 unspecified atom stereocenters. The van der Waals surface area contributed by atoms with E-state index in [0.29, 0.717) is 43.7 Å². The second-order valence-corrected chi connectivity index (χ2v) is 8.19. The zero-order valence-electron chi connectivity index (χ0n) is 18.2. The van der Waals surface area contributed by atoms with E-state index in [4.69, 9.17) is 29.7 Å². The lowest BCUT2D eigenvalue weighted by molar-refractivity contribution is 0.0973. The van der Waals surface area contributed by atoms with E-state index in [1.807, 2.05) is 24.3 Å². The molecule has 0 bridgehead atoms. The molecule has 0 radical (unpaired) electrons. The molecule has 0 aromatic carbocycles. The summed E-state index contributed by atoms with van der Waals surface area (Å²) >= 11 is 0. The van der Waals surface area contributed by atoms with Crippen LogP contribution in [0.5, 0.6) is 0 Å². The monoisotopic (exact) mass is 431 g/mol. The summed E-state index contributed by atoms with van der Waals surface area (Å²) in [6.45, 7) is 8.41. The van der Waals surface area contributed by atoms with Gasteiger partial charge < -0.3 is 19.3 Å². The number of nitrogens with zero attached hydrogens (tertiary/aromatic N) is 7. The number of ether oxygens (including phenoxy) is 2. The summed E-state index contributed by atoms with van der Waals surface area (Å²) in [5, 5.41) is 9.93. The SMILES string of the molecule is CC1COCCN1c1nc(N2CCOCC2C)c2ccc(-c3ccc(C#N)nc3)nc2n1.